The molecule has 158 valence electrons. The number of carbonyl (C=O) groups excluding carboxylic acids is 1. The first kappa shape index (κ1) is 19.9. The van der Waals surface area contributed by atoms with Gasteiger partial charge in [0.15, 0.2) is 5.82 Å². The Bertz CT molecular complexity index is 1250. The lowest BCUT2D eigenvalue weighted by Crippen LogP contribution is -2.33. The molecule has 2 aliphatic rings. The van der Waals surface area contributed by atoms with Gasteiger partial charge in [0.2, 0.25) is 6.17 Å². The SMILES string of the molecule is CC1CC=CC=C1C1=NC(Nc2ccnc(-c3ccccc3)n2)C(=O)Nc2ccccc21. The molecule has 1 aliphatic heterocycles. The lowest BCUT2D eigenvalue weighted by Gasteiger charge is -2.20. The van der Waals surface area contributed by atoms with Crippen LogP contribution in [0, 0.1) is 5.92 Å². The molecule has 2 N–H and O–H groups in total. The summed E-state index contributed by atoms with van der Waals surface area (Å²) >= 11 is 0. The number of amides is 1. The molecule has 0 bridgehead atoms. The summed E-state index contributed by atoms with van der Waals surface area (Å²) in [5.41, 5.74) is 4.54. The van der Waals surface area contributed by atoms with Gasteiger partial charge in [0.05, 0.1) is 11.4 Å². The molecule has 3 aromatic rings. The van der Waals surface area contributed by atoms with Gasteiger partial charge in [-0.15, -0.1) is 0 Å². The Hall–Kier alpha value is -4.06. The van der Waals surface area contributed by atoms with Crippen LogP contribution in [0.4, 0.5) is 11.5 Å². The Balaban J connectivity index is 1.53. The highest BCUT2D eigenvalue weighted by Gasteiger charge is 2.28. The third-order valence-electron chi connectivity index (χ3n) is 5.62. The largest absolute Gasteiger partial charge is 0.341 e. The van der Waals surface area contributed by atoms with Crippen LogP contribution in [0.3, 0.4) is 0 Å². The van der Waals surface area contributed by atoms with E-state index in [-0.39, 0.29) is 5.91 Å². The minimum Gasteiger partial charge on any atom is -0.341 e. The molecule has 1 aromatic heterocycles. The third kappa shape index (κ3) is 3.95. The molecule has 32 heavy (non-hydrogen) atoms. The molecular weight excluding hydrogens is 398 g/mol. The van der Waals surface area contributed by atoms with E-state index in [1.54, 1.807) is 12.3 Å². The lowest BCUT2D eigenvalue weighted by molar-refractivity contribution is -0.116. The summed E-state index contributed by atoms with van der Waals surface area (Å²) in [4.78, 5) is 27.0. The van der Waals surface area contributed by atoms with Crippen LogP contribution >= 0.6 is 0 Å². The van der Waals surface area contributed by atoms with E-state index in [1.165, 1.54) is 0 Å². The van der Waals surface area contributed by atoms with Crippen LogP contribution in [0.25, 0.3) is 11.4 Å². The molecule has 1 amide bonds. The maximum Gasteiger partial charge on any atom is 0.269 e. The van der Waals surface area contributed by atoms with Gasteiger partial charge >= 0.3 is 0 Å². The van der Waals surface area contributed by atoms with Gasteiger partial charge in [-0.1, -0.05) is 73.7 Å². The molecule has 0 radical (unpaired) electrons. The van der Waals surface area contributed by atoms with E-state index >= 15 is 0 Å². The number of carbonyl (C=O) groups is 1. The van der Waals surface area contributed by atoms with Gasteiger partial charge < -0.3 is 10.6 Å². The molecule has 2 heterocycles. The summed E-state index contributed by atoms with van der Waals surface area (Å²) in [6, 6.07) is 19.3. The molecule has 0 fully saturated rings. The highest BCUT2D eigenvalue weighted by atomic mass is 16.2. The maximum absolute atomic E-state index is 13.1. The number of aromatic nitrogens is 2. The van der Waals surface area contributed by atoms with Gasteiger partial charge in [0.1, 0.15) is 5.82 Å². The number of hydrogen-bond acceptors (Lipinski definition) is 5. The highest BCUT2D eigenvalue weighted by Crippen LogP contribution is 2.30. The Labute approximate surface area is 186 Å². The standard InChI is InChI=1S/C26H23N5O/c1-17-9-5-6-12-19(17)23-20-13-7-8-14-21(20)28-26(32)25(31-23)30-22-15-16-27-24(29-22)18-10-3-2-4-11-18/h2-8,10-17,25H,9H2,1H3,(H,28,32)(H,27,29,30). The van der Waals surface area contributed by atoms with E-state index in [9.17, 15) is 4.79 Å². The Kier molecular flexibility index (Phi) is 5.34. The first-order valence-corrected chi connectivity index (χ1v) is 10.7. The van der Waals surface area contributed by atoms with Crippen LogP contribution in [0.15, 0.2) is 95.7 Å². The Morgan fingerprint density at radius 2 is 1.84 bits per heavy atom. The van der Waals surface area contributed by atoms with Crippen molar-refractivity contribution in [3.63, 3.8) is 0 Å². The Morgan fingerprint density at radius 3 is 2.69 bits per heavy atom. The van der Waals surface area contributed by atoms with Crippen LogP contribution in [-0.2, 0) is 4.79 Å². The molecule has 6 heteroatoms. The quantitative estimate of drug-likeness (QED) is 0.631. The summed E-state index contributed by atoms with van der Waals surface area (Å²) < 4.78 is 0. The summed E-state index contributed by atoms with van der Waals surface area (Å²) in [5, 5.41) is 6.22. The zero-order valence-corrected chi connectivity index (χ0v) is 17.7. The first-order valence-electron chi connectivity index (χ1n) is 10.7. The van der Waals surface area contributed by atoms with E-state index in [1.807, 2.05) is 54.6 Å². The monoisotopic (exact) mass is 421 g/mol. The zero-order valence-electron chi connectivity index (χ0n) is 17.7. The molecule has 1 aliphatic carbocycles. The predicted molar refractivity (Wildman–Crippen MR) is 127 cm³/mol. The second-order valence-electron chi connectivity index (χ2n) is 7.88. The molecule has 0 saturated heterocycles. The molecule has 2 unspecified atom stereocenters. The van der Waals surface area contributed by atoms with Crippen molar-refractivity contribution in [2.45, 2.75) is 19.5 Å². The van der Waals surface area contributed by atoms with E-state index in [0.717, 1.165) is 34.5 Å². The van der Waals surface area contributed by atoms with Gasteiger partial charge in [-0.05, 0) is 30.0 Å². The molecule has 0 saturated carbocycles. The van der Waals surface area contributed by atoms with E-state index in [2.05, 4.69) is 45.8 Å². The summed E-state index contributed by atoms with van der Waals surface area (Å²) in [5.74, 6) is 1.21. The smallest absolute Gasteiger partial charge is 0.269 e. The van der Waals surface area contributed by atoms with Crippen molar-refractivity contribution in [2.24, 2.45) is 10.9 Å². The van der Waals surface area contributed by atoms with E-state index < -0.39 is 6.17 Å². The highest BCUT2D eigenvalue weighted by molar-refractivity contribution is 6.20. The number of fused-ring (bicyclic) bond motifs is 1. The molecule has 2 atom stereocenters. The Morgan fingerprint density at radius 1 is 1.03 bits per heavy atom. The number of benzodiazepines with no additional fused rings is 1. The normalized spacial score (nSPS) is 19.8. The minimum atomic E-state index is -0.824. The third-order valence-corrected chi connectivity index (χ3v) is 5.62. The van der Waals surface area contributed by atoms with Crippen LogP contribution in [0.5, 0.6) is 0 Å². The fraction of sp³-hybridized carbons (Fsp3) is 0.154. The summed E-state index contributed by atoms with van der Waals surface area (Å²) in [6.07, 6.45) is 8.10. The molecule has 5 rings (SSSR count). The number of para-hydroxylation sites is 1. The predicted octanol–water partition coefficient (Wildman–Crippen LogP) is 4.85. The topological polar surface area (TPSA) is 79.3 Å². The van der Waals surface area contributed by atoms with Gasteiger partial charge in [-0.2, -0.15) is 0 Å². The second kappa shape index (κ2) is 8.59. The molecule has 0 spiro atoms. The number of aliphatic imine (C=N–C) groups is 1. The number of hydrogen-bond donors (Lipinski definition) is 2. The van der Waals surface area contributed by atoms with Crippen LogP contribution < -0.4 is 10.6 Å². The van der Waals surface area contributed by atoms with Crippen molar-refractivity contribution in [3.05, 3.63) is 96.2 Å². The number of benzene rings is 2. The van der Waals surface area contributed by atoms with Gasteiger partial charge in [-0.25, -0.2) is 15.0 Å². The van der Waals surface area contributed by atoms with Gasteiger partial charge in [0.25, 0.3) is 5.91 Å². The van der Waals surface area contributed by atoms with Crippen LogP contribution in [-0.4, -0.2) is 27.8 Å². The van der Waals surface area contributed by atoms with Crippen molar-refractivity contribution in [1.29, 1.82) is 0 Å². The number of allylic oxidation sites excluding steroid dienone is 4. The van der Waals surface area contributed by atoms with E-state index in [0.29, 0.717) is 17.6 Å². The van der Waals surface area contributed by atoms with Gasteiger partial charge in [0, 0.05) is 17.3 Å². The zero-order chi connectivity index (χ0) is 21.9. The lowest BCUT2D eigenvalue weighted by atomic mass is 9.86. The fourth-order valence-electron chi connectivity index (χ4n) is 3.95. The molecule has 2 aromatic carbocycles. The maximum atomic E-state index is 13.1. The van der Waals surface area contributed by atoms with Crippen molar-refractivity contribution in [3.8, 4) is 11.4 Å². The molecule has 6 nitrogen and oxygen atoms in total. The molecular formula is C26H23N5O. The average Bonchev–Trinajstić information content (AvgIpc) is 2.96. The average molecular weight is 422 g/mol. The van der Waals surface area contributed by atoms with Crippen molar-refractivity contribution >= 4 is 23.1 Å². The summed E-state index contributed by atoms with van der Waals surface area (Å²) in [6.45, 7) is 2.18. The minimum absolute atomic E-state index is 0.230. The number of anilines is 2. The number of nitrogens with zero attached hydrogens (tertiary/aromatic N) is 3. The van der Waals surface area contributed by atoms with Crippen molar-refractivity contribution in [1.82, 2.24) is 9.97 Å². The van der Waals surface area contributed by atoms with E-state index in [4.69, 9.17) is 4.99 Å². The van der Waals surface area contributed by atoms with Gasteiger partial charge in [-0.3, -0.25) is 4.79 Å². The first-order chi connectivity index (χ1) is 15.7. The fourth-order valence-corrected chi connectivity index (χ4v) is 3.95. The van der Waals surface area contributed by atoms with Crippen LogP contribution in [0.1, 0.15) is 18.9 Å². The van der Waals surface area contributed by atoms with Crippen molar-refractivity contribution in [2.75, 3.05) is 10.6 Å². The second-order valence-corrected chi connectivity index (χ2v) is 7.88. The van der Waals surface area contributed by atoms with Crippen molar-refractivity contribution < 1.29 is 4.79 Å². The summed E-state index contributed by atoms with van der Waals surface area (Å²) in [7, 11) is 0. The number of rotatable bonds is 4. The van der Waals surface area contributed by atoms with Crippen LogP contribution in [0.2, 0.25) is 0 Å². The number of nitrogens with one attached hydrogen (secondary N) is 2.